The molecule has 1 atom stereocenters. The molecule has 0 aliphatic carbocycles. The van der Waals surface area contributed by atoms with E-state index in [2.05, 4.69) is 15.8 Å². The SMILES string of the molecule is CN(C)CCNC(=O)c1ccc([C@H]2CCCN2C(=O)C2=NNC(=O)CC2)s1. The van der Waals surface area contributed by atoms with Crippen LogP contribution in [-0.4, -0.2) is 67.0 Å². The van der Waals surface area contributed by atoms with Crippen molar-refractivity contribution in [2.24, 2.45) is 5.10 Å². The third-order valence-electron chi connectivity index (χ3n) is 4.69. The van der Waals surface area contributed by atoms with Gasteiger partial charge in [-0.2, -0.15) is 5.10 Å². The molecule has 0 spiro atoms. The van der Waals surface area contributed by atoms with Gasteiger partial charge in [-0.15, -0.1) is 11.3 Å². The summed E-state index contributed by atoms with van der Waals surface area (Å²) in [5.41, 5.74) is 2.79. The van der Waals surface area contributed by atoms with Crippen molar-refractivity contribution in [2.75, 3.05) is 33.7 Å². The average Bonchev–Trinajstić information content (AvgIpc) is 3.30. The lowest BCUT2D eigenvalue weighted by atomic mass is 10.1. The van der Waals surface area contributed by atoms with Gasteiger partial charge in [0.05, 0.1) is 10.9 Å². The Kier molecular flexibility index (Phi) is 6.22. The molecule has 1 aromatic rings. The van der Waals surface area contributed by atoms with E-state index in [9.17, 15) is 14.4 Å². The van der Waals surface area contributed by atoms with Gasteiger partial charge in [-0.25, -0.2) is 5.43 Å². The van der Waals surface area contributed by atoms with Crippen LogP contribution in [0.15, 0.2) is 17.2 Å². The van der Waals surface area contributed by atoms with Crippen molar-refractivity contribution in [3.8, 4) is 0 Å². The summed E-state index contributed by atoms with van der Waals surface area (Å²) in [6.07, 6.45) is 2.45. The van der Waals surface area contributed by atoms with E-state index in [4.69, 9.17) is 0 Å². The summed E-state index contributed by atoms with van der Waals surface area (Å²) in [4.78, 5) is 41.8. The van der Waals surface area contributed by atoms with Gasteiger partial charge in [0.2, 0.25) is 5.91 Å². The zero-order valence-electron chi connectivity index (χ0n) is 15.7. The Morgan fingerprint density at radius 1 is 1.37 bits per heavy atom. The van der Waals surface area contributed by atoms with Crippen LogP contribution >= 0.6 is 11.3 Å². The highest BCUT2D eigenvalue weighted by Gasteiger charge is 2.34. The number of amides is 3. The molecule has 1 fully saturated rings. The number of thiophene rings is 1. The lowest BCUT2D eigenvalue weighted by Crippen LogP contribution is -2.39. The minimum Gasteiger partial charge on any atom is -0.350 e. The third-order valence-corrected chi connectivity index (χ3v) is 5.87. The van der Waals surface area contributed by atoms with Gasteiger partial charge in [0.1, 0.15) is 5.71 Å². The van der Waals surface area contributed by atoms with Crippen molar-refractivity contribution in [1.29, 1.82) is 0 Å². The number of nitrogens with zero attached hydrogens (tertiary/aromatic N) is 3. The Balaban J connectivity index is 1.65. The zero-order chi connectivity index (χ0) is 19.4. The fourth-order valence-electron chi connectivity index (χ4n) is 3.23. The van der Waals surface area contributed by atoms with Crippen LogP contribution in [0.25, 0.3) is 0 Å². The molecule has 8 nitrogen and oxygen atoms in total. The monoisotopic (exact) mass is 391 g/mol. The second-order valence-corrected chi connectivity index (χ2v) is 8.13. The molecule has 3 heterocycles. The fraction of sp³-hybridized carbons (Fsp3) is 0.556. The number of nitrogens with one attached hydrogen (secondary N) is 2. The van der Waals surface area contributed by atoms with Crippen LogP contribution in [0.2, 0.25) is 0 Å². The zero-order valence-corrected chi connectivity index (χ0v) is 16.5. The molecule has 9 heteroatoms. The summed E-state index contributed by atoms with van der Waals surface area (Å²) in [5.74, 6) is -0.362. The summed E-state index contributed by atoms with van der Waals surface area (Å²) in [7, 11) is 3.92. The molecule has 1 aromatic heterocycles. The second kappa shape index (κ2) is 8.62. The normalized spacial score (nSPS) is 19.8. The molecule has 0 unspecified atom stereocenters. The highest BCUT2D eigenvalue weighted by Crippen LogP contribution is 2.36. The predicted molar refractivity (Wildman–Crippen MR) is 104 cm³/mol. The van der Waals surface area contributed by atoms with Crippen molar-refractivity contribution in [1.82, 2.24) is 20.5 Å². The Bertz CT molecular complexity index is 758. The van der Waals surface area contributed by atoms with Crippen LogP contribution < -0.4 is 10.7 Å². The molecule has 146 valence electrons. The number of carbonyl (C=O) groups excluding carboxylic acids is 3. The van der Waals surface area contributed by atoms with E-state index in [-0.39, 0.29) is 23.8 Å². The Morgan fingerprint density at radius 2 is 2.19 bits per heavy atom. The summed E-state index contributed by atoms with van der Waals surface area (Å²) >= 11 is 1.44. The molecule has 0 radical (unpaired) electrons. The highest BCUT2D eigenvalue weighted by atomic mass is 32.1. The van der Waals surface area contributed by atoms with Crippen molar-refractivity contribution in [2.45, 2.75) is 31.7 Å². The van der Waals surface area contributed by atoms with Gasteiger partial charge in [-0.1, -0.05) is 0 Å². The summed E-state index contributed by atoms with van der Waals surface area (Å²) in [6, 6.07) is 3.72. The number of carbonyl (C=O) groups is 3. The van der Waals surface area contributed by atoms with Crippen molar-refractivity contribution in [3.05, 3.63) is 21.9 Å². The molecule has 3 rings (SSSR count). The van der Waals surface area contributed by atoms with Crippen LogP contribution in [0, 0.1) is 0 Å². The number of rotatable bonds is 6. The maximum absolute atomic E-state index is 12.8. The predicted octanol–water partition coefficient (Wildman–Crippen LogP) is 0.969. The topological polar surface area (TPSA) is 94.1 Å². The number of hydrogen-bond acceptors (Lipinski definition) is 6. The molecule has 2 aliphatic heterocycles. The molecule has 3 amide bonds. The molecule has 0 bridgehead atoms. The lowest BCUT2D eigenvalue weighted by molar-refractivity contribution is -0.125. The first-order chi connectivity index (χ1) is 13.0. The number of likely N-dealkylation sites (tertiary alicyclic amines) is 1. The van der Waals surface area contributed by atoms with Gasteiger partial charge in [0, 0.05) is 37.4 Å². The van der Waals surface area contributed by atoms with Gasteiger partial charge < -0.3 is 15.1 Å². The van der Waals surface area contributed by atoms with Crippen LogP contribution in [0.4, 0.5) is 0 Å². The number of likely N-dealkylation sites (N-methyl/N-ethyl adjacent to an activating group) is 1. The summed E-state index contributed by atoms with van der Waals surface area (Å²) in [5, 5.41) is 6.84. The van der Waals surface area contributed by atoms with E-state index in [0.717, 1.165) is 24.3 Å². The Labute approximate surface area is 162 Å². The van der Waals surface area contributed by atoms with Crippen molar-refractivity contribution < 1.29 is 14.4 Å². The van der Waals surface area contributed by atoms with Crippen molar-refractivity contribution in [3.63, 3.8) is 0 Å². The molecule has 2 aliphatic rings. The molecule has 0 saturated carbocycles. The minimum absolute atomic E-state index is 0.0360. The van der Waals surface area contributed by atoms with Gasteiger partial charge in [-0.05, 0) is 39.1 Å². The lowest BCUT2D eigenvalue weighted by Gasteiger charge is -2.25. The summed E-state index contributed by atoms with van der Waals surface area (Å²) < 4.78 is 0. The molecule has 0 aromatic carbocycles. The minimum atomic E-state index is -0.160. The molecule has 2 N–H and O–H groups in total. The van der Waals surface area contributed by atoms with Gasteiger partial charge >= 0.3 is 0 Å². The quantitative estimate of drug-likeness (QED) is 0.756. The standard InChI is InChI=1S/C18H25N5O3S/c1-22(2)11-9-19-17(25)15-7-6-14(27-15)13-4-3-10-23(13)18(26)12-5-8-16(24)21-20-12/h6-7,13H,3-5,8-11H2,1-2H3,(H,19,25)(H,21,24)/t13-/m1/s1. The van der Waals surface area contributed by atoms with Gasteiger partial charge in [0.25, 0.3) is 11.8 Å². The molecular weight excluding hydrogens is 366 g/mol. The van der Waals surface area contributed by atoms with Crippen LogP contribution in [0.3, 0.4) is 0 Å². The third kappa shape index (κ3) is 4.72. The van der Waals surface area contributed by atoms with E-state index < -0.39 is 0 Å². The number of hydrogen-bond donors (Lipinski definition) is 2. The van der Waals surface area contributed by atoms with E-state index in [0.29, 0.717) is 36.5 Å². The maximum Gasteiger partial charge on any atom is 0.270 e. The first-order valence-corrected chi connectivity index (χ1v) is 9.96. The Morgan fingerprint density at radius 3 is 2.89 bits per heavy atom. The van der Waals surface area contributed by atoms with E-state index in [1.165, 1.54) is 11.3 Å². The van der Waals surface area contributed by atoms with Crippen molar-refractivity contribution >= 4 is 34.8 Å². The average molecular weight is 391 g/mol. The van der Waals surface area contributed by atoms with Crippen LogP contribution in [0.1, 0.15) is 46.3 Å². The fourth-order valence-corrected chi connectivity index (χ4v) is 4.31. The highest BCUT2D eigenvalue weighted by molar-refractivity contribution is 7.14. The number of hydrazone groups is 1. The Hall–Kier alpha value is -2.26. The van der Waals surface area contributed by atoms with E-state index >= 15 is 0 Å². The maximum atomic E-state index is 12.8. The van der Waals surface area contributed by atoms with Crippen LogP contribution in [0.5, 0.6) is 0 Å². The first kappa shape index (κ1) is 19.5. The van der Waals surface area contributed by atoms with E-state index in [1.807, 2.05) is 36.0 Å². The van der Waals surface area contributed by atoms with Gasteiger partial charge in [0.15, 0.2) is 0 Å². The van der Waals surface area contributed by atoms with Crippen LogP contribution in [-0.2, 0) is 9.59 Å². The molecule has 27 heavy (non-hydrogen) atoms. The molecular formula is C18H25N5O3S. The second-order valence-electron chi connectivity index (χ2n) is 7.01. The first-order valence-electron chi connectivity index (χ1n) is 9.14. The largest absolute Gasteiger partial charge is 0.350 e. The summed E-state index contributed by atoms with van der Waals surface area (Å²) in [6.45, 7) is 2.05. The molecule has 1 saturated heterocycles. The smallest absolute Gasteiger partial charge is 0.270 e. The van der Waals surface area contributed by atoms with Gasteiger partial charge in [-0.3, -0.25) is 14.4 Å². The van der Waals surface area contributed by atoms with E-state index in [1.54, 1.807) is 0 Å².